The average molecular weight is 414 g/mol. The van der Waals surface area contributed by atoms with Gasteiger partial charge in [0.15, 0.2) is 0 Å². The summed E-state index contributed by atoms with van der Waals surface area (Å²) in [7, 11) is 4.44. The molecule has 1 heterocycles. The molecule has 0 atom stereocenters. The Morgan fingerprint density at radius 2 is 1.77 bits per heavy atom. The van der Waals surface area contributed by atoms with E-state index in [4.69, 9.17) is 0 Å². The number of hydrogen-bond donors (Lipinski definition) is 1. The van der Waals surface area contributed by atoms with Gasteiger partial charge in [-0.15, -0.1) is 0 Å². The van der Waals surface area contributed by atoms with E-state index >= 15 is 0 Å². The van der Waals surface area contributed by atoms with Gasteiger partial charge in [-0.3, -0.25) is 0 Å². The first-order chi connectivity index (χ1) is 15.1. The molecule has 1 fully saturated rings. The number of rotatable bonds is 6. The van der Waals surface area contributed by atoms with Crippen LogP contribution in [0.2, 0.25) is 0 Å². The van der Waals surface area contributed by atoms with Crippen LogP contribution in [0.5, 0.6) is 0 Å². The van der Waals surface area contributed by atoms with Crippen molar-refractivity contribution in [2.75, 3.05) is 26.0 Å². The van der Waals surface area contributed by atoms with Crippen molar-refractivity contribution in [1.82, 2.24) is 9.47 Å². The van der Waals surface area contributed by atoms with Crippen LogP contribution < -0.4 is 5.32 Å². The molecular formula is C28H35N3. The van der Waals surface area contributed by atoms with Crippen molar-refractivity contribution in [1.29, 1.82) is 0 Å². The van der Waals surface area contributed by atoms with Crippen molar-refractivity contribution in [3.8, 4) is 11.8 Å². The zero-order valence-corrected chi connectivity index (χ0v) is 19.2. The minimum Gasteiger partial charge on any atom is -0.374 e. The van der Waals surface area contributed by atoms with Crippen molar-refractivity contribution in [2.24, 2.45) is 5.92 Å². The quantitative estimate of drug-likeness (QED) is 0.516. The molecule has 0 radical (unpaired) electrons. The summed E-state index contributed by atoms with van der Waals surface area (Å²) < 4.78 is 2.33. The molecule has 1 saturated carbocycles. The maximum atomic E-state index is 3.39. The lowest BCUT2D eigenvalue weighted by molar-refractivity contribution is 0.193. The number of hydrogen-bond acceptors (Lipinski definition) is 2. The van der Waals surface area contributed by atoms with E-state index in [0.29, 0.717) is 6.54 Å². The lowest BCUT2D eigenvalue weighted by Gasteiger charge is -2.32. The Morgan fingerprint density at radius 3 is 2.48 bits per heavy atom. The highest BCUT2D eigenvalue weighted by atomic mass is 15.1. The van der Waals surface area contributed by atoms with Crippen LogP contribution in [0.3, 0.4) is 0 Å². The molecule has 0 spiro atoms. The van der Waals surface area contributed by atoms with Gasteiger partial charge >= 0.3 is 0 Å². The summed E-state index contributed by atoms with van der Waals surface area (Å²) in [5.74, 6) is 7.50. The topological polar surface area (TPSA) is 20.2 Å². The van der Waals surface area contributed by atoms with E-state index in [0.717, 1.165) is 29.9 Å². The maximum absolute atomic E-state index is 3.39. The van der Waals surface area contributed by atoms with Crippen LogP contribution in [0, 0.1) is 17.8 Å². The number of anilines is 1. The van der Waals surface area contributed by atoms with Crippen molar-refractivity contribution in [3.63, 3.8) is 0 Å². The van der Waals surface area contributed by atoms with Gasteiger partial charge < -0.3 is 14.8 Å². The van der Waals surface area contributed by atoms with E-state index in [1.165, 1.54) is 48.6 Å². The van der Waals surface area contributed by atoms with E-state index in [2.05, 4.69) is 84.0 Å². The molecule has 2 aromatic carbocycles. The van der Waals surface area contributed by atoms with Gasteiger partial charge in [0.25, 0.3) is 0 Å². The van der Waals surface area contributed by atoms with Crippen molar-refractivity contribution in [2.45, 2.75) is 51.6 Å². The number of aromatic nitrogens is 1. The van der Waals surface area contributed by atoms with E-state index in [1.54, 1.807) is 0 Å². The van der Waals surface area contributed by atoms with Gasteiger partial charge in [0.2, 0.25) is 0 Å². The number of benzene rings is 2. The summed E-state index contributed by atoms with van der Waals surface area (Å²) in [5.41, 5.74) is 4.98. The van der Waals surface area contributed by atoms with E-state index in [9.17, 15) is 0 Å². The minimum absolute atomic E-state index is 0.649. The number of aryl methyl sites for hydroxylation is 1. The molecule has 0 aliphatic heterocycles. The highest BCUT2D eigenvalue weighted by Crippen LogP contribution is 2.30. The molecule has 3 aromatic rings. The first-order valence-electron chi connectivity index (χ1n) is 11.7. The fraction of sp³-hybridized carbons (Fsp3) is 0.429. The normalized spacial score (nSPS) is 18.7. The van der Waals surface area contributed by atoms with Gasteiger partial charge in [0.1, 0.15) is 0 Å². The van der Waals surface area contributed by atoms with Gasteiger partial charge in [-0.2, -0.15) is 0 Å². The van der Waals surface area contributed by atoms with Crippen LogP contribution in [0.4, 0.5) is 5.69 Å². The summed E-state index contributed by atoms with van der Waals surface area (Å²) in [4.78, 5) is 2.40. The molecular weight excluding hydrogens is 378 g/mol. The monoisotopic (exact) mass is 413 g/mol. The molecule has 0 saturated heterocycles. The fourth-order valence-electron chi connectivity index (χ4n) is 4.93. The van der Waals surface area contributed by atoms with Gasteiger partial charge in [0, 0.05) is 29.2 Å². The Morgan fingerprint density at radius 1 is 1.00 bits per heavy atom. The third-order valence-electron chi connectivity index (χ3n) is 6.72. The van der Waals surface area contributed by atoms with E-state index in [-0.39, 0.29) is 0 Å². The third kappa shape index (κ3) is 5.32. The summed E-state index contributed by atoms with van der Waals surface area (Å²) >= 11 is 0. The molecule has 0 bridgehead atoms. The van der Waals surface area contributed by atoms with Crippen molar-refractivity contribution >= 4 is 16.6 Å². The fourth-order valence-corrected chi connectivity index (χ4v) is 4.93. The number of nitrogens with zero attached hydrogens (tertiary/aromatic N) is 2. The average Bonchev–Trinajstić information content (AvgIpc) is 3.14. The lowest BCUT2D eigenvalue weighted by atomic mass is 9.82. The Kier molecular flexibility index (Phi) is 6.99. The Labute approximate surface area is 187 Å². The van der Waals surface area contributed by atoms with Gasteiger partial charge in [-0.05, 0) is 101 Å². The number of para-hydroxylation sites is 1. The molecule has 1 aromatic heterocycles. The maximum Gasteiger partial charge on any atom is 0.0931 e. The summed E-state index contributed by atoms with van der Waals surface area (Å²) in [6, 6.07) is 20.3. The molecule has 1 aliphatic rings. The summed E-state index contributed by atoms with van der Waals surface area (Å²) in [5, 5.41) is 4.69. The first-order valence-corrected chi connectivity index (χ1v) is 11.7. The second-order valence-corrected chi connectivity index (χ2v) is 9.03. The molecule has 162 valence electrons. The lowest BCUT2D eigenvalue weighted by Crippen LogP contribution is -2.32. The van der Waals surface area contributed by atoms with Crippen LogP contribution in [0.1, 0.15) is 43.9 Å². The standard InChI is InChI=1S/C28H35N3/c1-4-31-27(11-8-18-29-25-9-6-5-7-10-25)21-24-20-23(14-17-28(24)31)19-22-12-15-26(16-13-22)30(2)3/h5-7,9-10,14,17,20-22,26,29H,4,12-13,15-16,18-19H2,1-3H3. The van der Waals surface area contributed by atoms with Crippen LogP contribution in [0.15, 0.2) is 54.6 Å². The highest BCUT2D eigenvalue weighted by Gasteiger charge is 2.22. The SMILES string of the molecule is CCn1c(C#CCNc2ccccc2)cc2cc(CC3CCC(N(C)C)CC3)ccc21. The molecule has 4 rings (SSSR count). The second-order valence-electron chi connectivity index (χ2n) is 9.03. The molecule has 1 aliphatic carbocycles. The largest absolute Gasteiger partial charge is 0.374 e. The van der Waals surface area contributed by atoms with E-state index < -0.39 is 0 Å². The Hall–Kier alpha value is -2.70. The summed E-state index contributed by atoms with van der Waals surface area (Å²) in [6.07, 6.45) is 6.57. The molecule has 31 heavy (non-hydrogen) atoms. The summed E-state index contributed by atoms with van der Waals surface area (Å²) in [6.45, 7) is 3.79. The third-order valence-corrected chi connectivity index (χ3v) is 6.72. The van der Waals surface area contributed by atoms with Gasteiger partial charge in [-0.25, -0.2) is 0 Å². The molecule has 3 nitrogen and oxygen atoms in total. The number of fused-ring (bicyclic) bond motifs is 1. The van der Waals surface area contributed by atoms with Crippen molar-refractivity contribution < 1.29 is 0 Å². The van der Waals surface area contributed by atoms with Crippen LogP contribution in [-0.2, 0) is 13.0 Å². The molecule has 0 unspecified atom stereocenters. The molecule has 1 N–H and O–H groups in total. The zero-order valence-electron chi connectivity index (χ0n) is 19.2. The van der Waals surface area contributed by atoms with Crippen molar-refractivity contribution in [3.05, 3.63) is 65.9 Å². The first kappa shape index (κ1) is 21.5. The van der Waals surface area contributed by atoms with Crippen LogP contribution in [-0.4, -0.2) is 36.1 Å². The second kappa shape index (κ2) is 10.1. The van der Waals surface area contributed by atoms with Crippen LogP contribution >= 0.6 is 0 Å². The Bertz CT molecular complexity index is 1040. The minimum atomic E-state index is 0.649. The Balaban J connectivity index is 1.43. The van der Waals surface area contributed by atoms with Gasteiger partial charge in [-0.1, -0.05) is 30.2 Å². The zero-order chi connectivity index (χ0) is 21.6. The van der Waals surface area contributed by atoms with Gasteiger partial charge in [0.05, 0.1) is 12.2 Å². The highest BCUT2D eigenvalue weighted by molar-refractivity contribution is 5.83. The molecule has 0 amide bonds. The van der Waals surface area contributed by atoms with E-state index in [1.807, 2.05) is 18.2 Å². The predicted octanol–water partition coefficient (Wildman–Crippen LogP) is 5.79. The predicted molar refractivity (Wildman–Crippen MR) is 133 cm³/mol. The number of nitrogens with one attached hydrogen (secondary N) is 1. The van der Waals surface area contributed by atoms with Crippen LogP contribution in [0.25, 0.3) is 10.9 Å². The molecule has 3 heteroatoms. The smallest absolute Gasteiger partial charge is 0.0931 e.